The Hall–Kier alpha value is -3.86. The van der Waals surface area contributed by atoms with E-state index in [1.54, 1.807) is 20.8 Å². The highest BCUT2D eigenvalue weighted by atomic mass is 32.2. The molecule has 3 heterocycles. The number of hydrogen-bond donors (Lipinski definition) is 4. The van der Waals surface area contributed by atoms with Crippen LogP contribution in [0.2, 0.25) is 0 Å². The van der Waals surface area contributed by atoms with Crippen LogP contribution in [0, 0.1) is 5.41 Å². The number of oxime groups is 1. The van der Waals surface area contributed by atoms with Crippen LogP contribution in [0.4, 0.5) is 9.93 Å². The van der Waals surface area contributed by atoms with E-state index in [2.05, 4.69) is 15.5 Å². The van der Waals surface area contributed by atoms with E-state index in [1.165, 1.54) is 17.1 Å². The molecule has 0 radical (unpaired) electrons. The van der Waals surface area contributed by atoms with Crippen LogP contribution in [-0.2, 0) is 33.4 Å². The van der Waals surface area contributed by atoms with Crippen LogP contribution in [-0.4, -0.2) is 81.2 Å². The Labute approximate surface area is 218 Å². The summed E-state index contributed by atoms with van der Waals surface area (Å²) in [4.78, 5) is 66.5. The zero-order chi connectivity index (χ0) is 27.5. The molecule has 3 rings (SSSR count). The summed E-state index contributed by atoms with van der Waals surface area (Å²) < 4.78 is 14.8. The highest BCUT2D eigenvalue weighted by molar-refractivity contribution is 8.00. The third-order valence-electron chi connectivity index (χ3n) is 4.99. The number of nitrogens with two attached hydrogens (primary N) is 2. The lowest BCUT2D eigenvalue weighted by molar-refractivity contribution is -0.173. The number of nitrogens with zero attached hydrogens (tertiary/aromatic N) is 3. The van der Waals surface area contributed by atoms with Crippen LogP contribution < -0.4 is 16.8 Å². The molecule has 2 aliphatic heterocycles. The van der Waals surface area contributed by atoms with Crippen molar-refractivity contribution >= 4 is 63.8 Å². The van der Waals surface area contributed by atoms with Gasteiger partial charge in [-0.1, -0.05) is 5.16 Å². The first-order chi connectivity index (χ1) is 17.3. The summed E-state index contributed by atoms with van der Waals surface area (Å²) in [5.74, 6) is -3.09. The summed E-state index contributed by atoms with van der Waals surface area (Å²) in [5, 5.41) is 15.5. The number of thioether (sulfide) groups is 1. The summed E-state index contributed by atoms with van der Waals surface area (Å²) >= 11 is 2.19. The maximum Gasteiger partial charge on any atom is 0.404 e. The number of aromatic nitrogens is 1. The van der Waals surface area contributed by atoms with Crippen LogP contribution in [0.3, 0.4) is 0 Å². The third kappa shape index (κ3) is 6.11. The van der Waals surface area contributed by atoms with Gasteiger partial charge in [-0.2, -0.15) is 0 Å². The summed E-state index contributed by atoms with van der Waals surface area (Å²) in [6.45, 7) is 3.74. The average molecular weight is 557 g/mol. The number of rotatable bonds is 8. The van der Waals surface area contributed by atoms with E-state index in [1.807, 2.05) is 0 Å². The molecule has 0 spiro atoms. The second-order valence-corrected chi connectivity index (χ2v) is 10.7. The SMILES string of the molecule is CC(C)(C)C(=O)OCOC(=O)C1=C(COC(N)=O)CS[C@H]2C(NC(=O)/C(=N\O)c3csc(N)n3)C(=O)N12. The standard InChI is InChI=1S/C20H24N6O9S2/c1-20(2,3)17(30)35-7-34-16(29)12-8(4-33-19(22)31)5-36-15-11(14(28)26(12)15)24-13(27)10(25-32)9-6-37-18(21)23-9/h6,11,15,32H,4-5,7H2,1-3H3,(H2,21,23)(H2,22,31)(H,24,27)/b25-10-/t11?,15-/m0/s1. The minimum atomic E-state index is -1.09. The quantitative estimate of drug-likeness (QED) is 0.0811. The minimum Gasteiger partial charge on any atom is -0.445 e. The Morgan fingerprint density at radius 1 is 1.27 bits per heavy atom. The fraction of sp³-hybridized carbons (Fsp3) is 0.450. The summed E-state index contributed by atoms with van der Waals surface area (Å²) in [6.07, 6.45) is -1.09. The molecule has 1 unspecified atom stereocenters. The lowest BCUT2D eigenvalue weighted by Gasteiger charge is -2.49. The van der Waals surface area contributed by atoms with Crippen molar-refractivity contribution in [2.75, 3.05) is 24.9 Å². The number of anilines is 1. The Morgan fingerprint density at radius 2 is 1.97 bits per heavy atom. The van der Waals surface area contributed by atoms with Gasteiger partial charge in [0.05, 0.1) is 5.41 Å². The lowest BCUT2D eigenvalue weighted by atomic mass is 9.98. The zero-order valence-electron chi connectivity index (χ0n) is 19.9. The molecule has 2 atom stereocenters. The molecule has 2 aliphatic rings. The monoisotopic (exact) mass is 556 g/mol. The predicted molar refractivity (Wildman–Crippen MR) is 129 cm³/mol. The van der Waals surface area contributed by atoms with Crippen LogP contribution in [0.1, 0.15) is 26.5 Å². The van der Waals surface area contributed by atoms with Crippen molar-refractivity contribution in [2.45, 2.75) is 32.2 Å². The van der Waals surface area contributed by atoms with E-state index in [9.17, 15) is 29.2 Å². The maximum absolute atomic E-state index is 13.0. The molecule has 0 aromatic carbocycles. The van der Waals surface area contributed by atoms with Gasteiger partial charge in [-0.15, -0.1) is 23.1 Å². The van der Waals surface area contributed by atoms with E-state index in [-0.39, 0.29) is 27.8 Å². The molecule has 15 nitrogen and oxygen atoms in total. The highest BCUT2D eigenvalue weighted by Crippen LogP contribution is 2.40. The van der Waals surface area contributed by atoms with E-state index < -0.39 is 65.8 Å². The van der Waals surface area contributed by atoms with Crippen molar-refractivity contribution in [3.05, 3.63) is 22.3 Å². The minimum absolute atomic E-state index is 0.0160. The van der Waals surface area contributed by atoms with Gasteiger partial charge in [0.15, 0.2) is 10.8 Å². The number of nitrogen functional groups attached to an aromatic ring is 1. The number of hydrogen-bond acceptors (Lipinski definition) is 14. The molecule has 0 aliphatic carbocycles. The number of amides is 3. The van der Waals surface area contributed by atoms with Gasteiger partial charge in [-0.05, 0) is 20.8 Å². The predicted octanol–water partition coefficient (Wildman–Crippen LogP) is -0.257. The van der Waals surface area contributed by atoms with E-state index in [0.29, 0.717) is 0 Å². The first-order valence-corrected chi connectivity index (χ1v) is 12.5. The molecule has 0 saturated carbocycles. The summed E-state index contributed by atoms with van der Waals surface area (Å²) in [7, 11) is 0. The van der Waals surface area contributed by atoms with Gasteiger partial charge in [-0.3, -0.25) is 19.3 Å². The number of ether oxygens (including phenoxy) is 3. The third-order valence-corrected chi connectivity index (χ3v) is 7.00. The van der Waals surface area contributed by atoms with Crippen molar-refractivity contribution in [3.63, 3.8) is 0 Å². The van der Waals surface area contributed by atoms with Gasteiger partial charge in [0.25, 0.3) is 11.8 Å². The van der Waals surface area contributed by atoms with Crippen LogP contribution in [0.25, 0.3) is 0 Å². The molecule has 0 bridgehead atoms. The van der Waals surface area contributed by atoms with E-state index in [0.717, 1.165) is 16.2 Å². The molecule has 1 aromatic rings. The number of thiazole rings is 1. The average Bonchev–Trinajstić information content (AvgIpc) is 3.25. The zero-order valence-corrected chi connectivity index (χ0v) is 21.5. The van der Waals surface area contributed by atoms with Gasteiger partial charge in [0.1, 0.15) is 29.4 Å². The number of nitrogens with one attached hydrogen (secondary N) is 1. The number of carbonyl (C=O) groups excluding carboxylic acids is 5. The second kappa shape index (κ2) is 11.0. The van der Waals surface area contributed by atoms with Crippen molar-refractivity contribution in [2.24, 2.45) is 16.3 Å². The normalized spacial score (nSPS) is 19.5. The number of esters is 2. The summed E-state index contributed by atoms with van der Waals surface area (Å²) in [5.41, 5.74) is 9.30. The fourth-order valence-corrected chi connectivity index (χ4v) is 5.06. The van der Waals surface area contributed by atoms with Crippen molar-refractivity contribution < 1.29 is 43.4 Å². The van der Waals surface area contributed by atoms with Crippen LogP contribution in [0.15, 0.2) is 21.8 Å². The van der Waals surface area contributed by atoms with Crippen LogP contribution >= 0.6 is 23.1 Å². The Balaban J connectivity index is 1.75. The van der Waals surface area contributed by atoms with Crippen molar-refractivity contribution in [1.82, 2.24) is 15.2 Å². The maximum atomic E-state index is 13.0. The summed E-state index contributed by atoms with van der Waals surface area (Å²) in [6, 6.07) is -1.09. The molecular formula is C20H24N6O9S2. The lowest BCUT2D eigenvalue weighted by Crippen LogP contribution is -2.71. The largest absolute Gasteiger partial charge is 0.445 e. The Bertz CT molecular complexity index is 1190. The molecule has 1 aromatic heterocycles. The number of β-lactam (4-membered cyclic amide) rings is 1. The van der Waals surface area contributed by atoms with Crippen molar-refractivity contribution in [1.29, 1.82) is 0 Å². The van der Waals surface area contributed by atoms with E-state index >= 15 is 0 Å². The van der Waals surface area contributed by atoms with Gasteiger partial charge >= 0.3 is 18.0 Å². The van der Waals surface area contributed by atoms with E-state index in [4.69, 9.17) is 25.7 Å². The van der Waals surface area contributed by atoms with Gasteiger partial charge in [0, 0.05) is 16.7 Å². The topological polar surface area (TPSA) is 226 Å². The molecule has 200 valence electrons. The second-order valence-electron chi connectivity index (χ2n) is 8.67. The molecule has 1 saturated heterocycles. The van der Waals surface area contributed by atoms with Gasteiger partial charge in [-0.25, -0.2) is 14.6 Å². The number of carbonyl (C=O) groups is 5. The number of primary amides is 1. The molecule has 37 heavy (non-hydrogen) atoms. The van der Waals surface area contributed by atoms with Gasteiger partial charge in [0.2, 0.25) is 6.79 Å². The Morgan fingerprint density at radius 3 is 2.54 bits per heavy atom. The van der Waals surface area contributed by atoms with Gasteiger partial charge < -0.3 is 36.2 Å². The fourth-order valence-electron chi connectivity index (χ4n) is 3.18. The molecule has 1 fully saturated rings. The number of fused-ring (bicyclic) bond motifs is 1. The molecular weight excluding hydrogens is 532 g/mol. The smallest absolute Gasteiger partial charge is 0.404 e. The molecule has 6 N–H and O–H groups in total. The first-order valence-electron chi connectivity index (χ1n) is 10.5. The first kappa shape index (κ1) is 27.7. The Kier molecular flexibility index (Phi) is 8.27. The highest BCUT2D eigenvalue weighted by Gasteiger charge is 2.55. The molecule has 17 heteroatoms. The molecule has 3 amide bonds. The van der Waals surface area contributed by atoms with Crippen molar-refractivity contribution in [3.8, 4) is 0 Å². The van der Waals surface area contributed by atoms with Crippen LogP contribution in [0.5, 0.6) is 0 Å².